The molecular weight excluding hydrogens is 332 g/mol. The Morgan fingerprint density at radius 3 is 2.79 bits per heavy atom. The minimum Gasteiger partial charge on any atom is -0.494 e. The highest BCUT2D eigenvalue weighted by Crippen LogP contribution is 2.25. The number of anilines is 1. The van der Waals surface area contributed by atoms with E-state index in [4.69, 9.17) is 21.1 Å². The molecule has 2 aromatic rings. The van der Waals surface area contributed by atoms with Gasteiger partial charge in [0.25, 0.3) is 5.56 Å². The molecule has 7 nitrogen and oxygen atoms in total. The number of hydrogen-bond donors (Lipinski definition) is 2. The van der Waals surface area contributed by atoms with Crippen LogP contribution in [0.15, 0.2) is 34.3 Å². The number of hydrazone groups is 1. The van der Waals surface area contributed by atoms with Gasteiger partial charge >= 0.3 is 0 Å². The largest absolute Gasteiger partial charge is 0.494 e. The number of nitrogens with zero attached hydrogens (tertiary/aromatic N) is 2. The maximum atomic E-state index is 11.4. The zero-order chi connectivity index (χ0) is 17.5. The van der Waals surface area contributed by atoms with Gasteiger partial charge in [-0.1, -0.05) is 11.6 Å². The molecule has 24 heavy (non-hydrogen) atoms. The Hall–Kier alpha value is -2.54. The van der Waals surface area contributed by atoms with Crippen molar-refractivity contribution in [3.63, 3.8) is 0 Å². The lowest BCUT2D eigenvalue weighted by atomic mass is 10.1. The summed E-state index contributed by atoms with van der Waals surface area (Å²) in [7, 11) is 0. The van der Waals surface area contributed by atoms with Gasteiger partial charge in [0, 0.05) is 5.56 Å². The zero-order valence-corrected chi connectivity index (χ0v) is 14.5. The normalized spacial score (nSPS) is 11.2. The van der Waals surface area contributed by atoms with Crippen molar-refractivity contribution >= 4 is 23.0 Å². The van der Waals surface area contributed by atoms with Crippen LogP contribution in [-0.4, -0.2) is 29.1 Å². The van der Waals surface area contributed by atoms with Crippen LogP contribution in [0.25, 0.3) is 0 Å². The van der Waals surface area contributed by atoms with Crippen molar-refractivity contribution in [2.24, 2.45) is 5.10 Å². The number of hydrogen-bond acceptors (Lipinski definition) is 6. The number of halogens is 1. The minimum absolute atomic E-state index is 0.00495. The summed E-state index contributed by atoms with van der Waals surface area (Å²) in [5, 5.41) is 10.2. The van der Waals surface area contributed by atoms with E-state index in [9.17, 15) is 4.79 Å². The van der Waals surface area contributed by atoms with Crippen LogP contribution >= 0.6 is 11.6 Å². The summed E-state index contributed by atoms with van der Waals surface area (Å²) in [6.45, 7) is 6.74. The average molecular weight is 351 g/mol. The molecule has 0 atom stereocenters. The molecule has 0 amide bonds. The quantitative estimate of drug-likeness (QED) is 0.591. The predicted molar refractivity (Wildman–Crippen MR) is 94.5 cm³/mol. The molecule has 0 aliphatic rings. The monoisotopic (exact) mass is 350 g/mol. The van der Waals surface area contributed by atoms with E-state index in [1.807, 2.05) is 39.0 Å². The third kappa shape index (κ3) is 4.26. The molecule has 0 saturated heterocycles. The second-order valence-corrected chi connectivity index (χ2v) is 5.14. The van der Waals surface area contributed by atoms with Gasteiger partial charge in [-0.05, 0) is 39.0 Å². The summed E-state index contributed by atoms with van der Waals surface area (Å²) in [6.07, 6.45) is 1.39. The highest BCUT2D eigenvalue weighted by Gasteiger charge is 2.10. The Labute approximate surface area is 144 Å². The molecular formula is C16H19ClN4O3. The van der Waals surface area contributed by atoms with Crippen molar-refractivity contribution in [2.45, 2.75) is 20.8 Å². The van der Waals surface area contributed by atoms with Crippen LogP contribution in [0.1, 0.15) is 26.3 Å². The van der Waals surface area contributed by atoms with Crippen molar-refractivity contribution in [1.82, 2.24) is 10.2 Å². The number of nitrogens with one attached hydrogen (secondary N) is 2. The second kappa shape index (κ2) is 8.35. The third-order valence-electron chi connectivity index (χ3n) is 3.09. The lowest BCUT2D eigenvalue weighted by Crippen LogP contribution is -2.11. The topological polar surface area (TPSA) is 88.6 Å². The van der Waals surface area contributed by atoms with Crippen LogP contribution in [0, 0.1) is 0 Å². The summed E-state index contributed by atoms with van der Waals surface area (Å²) in [4.78, 5) is 11.4. The molecule has 0 aliphatic carbocycles. The first-order chi connectivity index (χ1) is 11.6. The number of aromatic amines is 1. The van der Waals surface area contributed by atoms with Gasteiger partial charge in [-0.25, -0.2) is 5.10 Å². The first kappa shape index (κ1) is 17.8. The van der Waals surface area contributed by atoms with Gasteiger partial charge in [0.1, 0.15) is 22.2 Å². The smallest absolute Gasteiger partial charge is 0.285 e. The van der Waals surface area contributed by atoms with E-state index >= 15 is 0 Å². The van der Waals surface area contributed by atoms with E-state index in [1.165, 1.54) is 6.20 Å². The fraction of sp³-hybridized carbons (Fsp3) is 0.312. The molecule has 2 rings (SSSR count). The second-order valence-electron chi connectivity index (χ2n) is 4.76. The van der Waals surface area contributed by atoms with Gasteiger partial charge in [0.15, 0.2) is 0 Å². The van der Waals surface area contributed by atoms with Crippen molar-refractivity contribution in [3.05, 3.63) is 45.3 Å². The maximum Gasteiger partial charge on any atom is 0.285 e. The predicted octanol–water partition coefficient (Wildman–Crippen LogP) is 3.06. The molecule has 0 fully saturated rings. The SMILES string of the molecule is CCOc1ccc(OCC)c(/C(C)=N\Nc2cn[nH]c(=O)c2Cl)c1. The Morgan fingerprint density at radius 1 is 1.33 bits per heavy atom. The molecule has 2 N–H and O–H groups in total. The van der Waals surface area contributed by atoms with Gasteiger partial charge in [-0.15, -0.1) is 0 Å². The van der Waals surface area contributed by atoms with Crippen molar-refractivity contribution in [3.8, 4) is 11.5 Å². The first-order valence-electron chi connectivity index (χ1n) is 7.50. The Morgan fingerprint density at radius 2 is 2.08 bits per heavy atom. The van der Waals surface area contributed by atoms with E-state index in [2.05, 4.69) is 20.7 Å². The average Bonchev–Trinajstić information content (AvgIpc) is 2.58. The van der Waals surface area contributed by atoms with Crippen molar-refractivity contribution in [2.75, 3.05) is 18.6 Å². The molecule has 1 heterocycles. The van der Waals surface area contributed by atoms with E-state index in [0.29, 0.717) is 30.4 Å². The molecule has 1 aromatic carbocycles. The molecule has 1 aromatic heterocycles. The van der Waals surface area contributed by atoms with Crippen molar-refractivity contribution < 1.29 is 9.47 Å². The fourth-order valence-corrected chi connectivity index (χ4v) is 2.13. The fourth-order valence-electron chi connectivity index (χ4n) is 2.00. The summed E-state index contributed by atoms with van der Waals surface area (Å²) in [5.41, 5.74) is 4.02. The highest BCUT2D eigenvalue weighted by atomic mass is 35.5. The van der Waals surface area contributed by atoms with Crippen LogP contribution in [-0.2, 0) is 0 Å². The minimum atomic E-state index is -0.483. The molecule has 0 aliphatic heterocycles. The lowest BCUT2D eigenvalue weighted by molar-refractivity contribution is 0.330. The van der Waals surface area contributed by atoms with E-state index in [0.717, 1.165) is 11.3 Å². The van der Waals surface area contributed by atoms with E-state index < -0.39 is 5.56 Å². The summed E-state index contributed by atoms with van der Waals surface area (Å²) in [6, 6.07) is 5.54. The zero-order valence-electron chi connectivity index (χ0n) is 13.7. The molecule has 0 spiro atoms. The standard InChI is InChI=1S/C16H19ClN4O3/c1-4-23-11-6-7-14(24-5-2)12(8-11)10(3)19-20-13-9-18-21-16(22)15(13)17/h6-9H,4-5H2,1-3H3,(H2,20,21,22)/b19-10-. The Bertz CT molecular complexity index is 789. The van der Waals surface area contributed by atoms with Crippen LogP contribution in [0.4, 0.5) is 5.69 Å². The number of aromatic nitrogens is 2. The van der Waals surface area contributed by atoms with Crippen LogP contribution < -0.4 is 20.5 Å². The van der Waals surface area contributed by atoms with Gasteiger partial charge in [0.2, 0.25) is 0 Å². The molecule has 0 unspecified atom stereocenters. The van der Waals surface area contributed by atoms with E-state index in [1.54, 1.807) is 0 Å². The summed E-state index contributed by atoms with van der Waals surface area (Å²) < 4.78 is 11.1. The lowest BCUT2D eigenvalue weighted by Gasteiger charge is -2.12. The number of ether oxygens (including phenoxy) is 2. The molecule has 8 heteroatoms. The number of benzene rings is 1. The highest BCUT2D eigenvalue weighted by molar-refractivity contribution is 6.32. The molecule has 0 saturated carbocycles. The van der Waals surface area contributed by atoms with Gasteiger partial charge in [-0.3, -0.25) is 10.2 Å². The summed E-state index contributed by atoms with van der Waals surface area (Å²) >= 11 is 5.91. The molecule has 0 bridgehead atoms. The molecule has 0 radical (unpaired) electrons. The Balaban J connectivity index is 2.32. The Kier molecular flexibility index (Phi) is 6.20. The van der Waals surface area contributed by atoms with Gasteiger partial charge in [-0.2, -0.15) is 10.2 Å². The number of H-pyrrole nitrogens is 1. The number of rotatable bonds is 7. The van der Waals surface area contributed by atoms with E-state index in [-0.39, 0.29) is 5.02 Å². The van der Waals surface area contributed by atoms with Gasteiger partial charge < -0.3 is 9.47 Å². The molecule has 128 valence electrons. The maximum absolute atomic E-state index is 11.4. The van der Waals surface area contributed by atoms with Gasteiger partial charge in [0.05, 0.1) is 25.1 Å². The third-order valence-corrected chi connectivity index (χ3v) is 3.47. The summed E-state index contributed by atoms with van der Waals surface area (Å²) in [5.74, 6) is 1.42. The van der Waals surface area contributed by atoms with Crippen LogP contribution in [0.3, 0.4) is 0 Å². The van der Waals surface area contributed by atoms with Crippen LogP contribution in [0.5, 0.6) is 11.5 Å². The first-order valence-corrected chi connectivity index (χ1v) is 7.88. The van der Waals surface area contributed by atoms with Crippen LogP contribution in [0.2, 0.25) is 5.02 Å². The van der Waals surface area contributed by atoms with Crippen molar-refractivity contribution in [1.29, 1.82) is 0 Å².